The molecule has 0 fully saturated rings. The van der Waals surface area contributed by atoms with Gasteiger partial charge in [0.25, 0.3) is 6.43 Å². The van der Waals surface area contributed by atoms with E-state index in [4.69, 9.17) is 16.9 Å². The van der Waals surface area contributed by atoms with Gasteiger partial charge in [-0.05, 0) is 0 Å². The molecule has 0 radical (unpaired) electrons. The molecular weight excluding hydrogens is 214 g/mol. The number of aromatic nitrogens is 1. The summed E-state index contributed by atoms with van der Waals surface area (Å²) in [6, 6.07) is 1.61. The second-order valence-electron chi connectivity index (χ2n) is 2.32. The molecule has 0 aliphatic heterocycles. The number of nitriles is 1. The van der Waals surface area contributed by atoms with Crippen LogP contribution in [-0.2, 0) is 0 Å². The van der Waals surface area contributed by atoms with Crippen LogP contribution in [0.4, 0.5) is 8.78 Å². The number of rotatable bonds is 2. The van der Waals surface area contributed by atoms with E-state index in [1.54, 1.807) is 6.07 Å². The van der Waals surface area contributed by atoms with E-state index in [-0.39, 0.29) is 16.5 Å². The summed E-state index contributed by atoms with van der Waals surface area (Å²) in [6.45, 7) is 0. The molecule has 1 rings (SSSR count). The van der Waals surface area contributed by atoms with Crippen LogP contribution in [0.25, 0.3) is 0 Å². The molecule has 0 amide bonds. The molecule has 0 saturated heterocycles. The minimum atomic E-state index is -2.80. The van der Waals surface area contributed by atoms with E-state index in [2.05, 4.69) is 9.72 Å². The van der Waals surface area contributed by atoms with Gasteiger partial charge in [-0.1, -0.05) is 11.6 Å². The van der Waals surface area contributed by atoms with Gasteiger partial charge >= 0.3 is 0 Å². The van der Waals surface area contributed by atoms with Gasteiger partial charge in [0.15, 0.2) is 5.69 Å². The summed E-state index contributed by atoms with van der Waals surface area (Å²) in [4.78, 5) is 3.56. The number of halogens is 3. The lowest BCUT2D eigenvalue weighted by molar-refractivity contribution is 0.147. The number of ether oxygens (including phenoxy) is 1. The zero-order valence-corrected chi connectivity index (χ0v) is 7.85. The number of alkyl halides is 2. The first-order valence-electron chi connectivity index (χ1n) is 3.52. The molecule has 3 nitrogen and oxygen atoms in total. The second kappa shape index (κ2) is 4.20. The van der Waals surface area contributed by atoms with Gasteiger partial charge in [-0.2, -0.15) is 5.26 Å². The monoisotopic (exact) mass is 218 g/mol. The molecule has 0 atom stereocenters. The van der Waals surface area contributed by atoms with Crippen LogP contribution >= 0.6 is 11.6 Å². The Labute approximate surface area is 83.9 Å². The van der Waals surface area contributed by atoms with E-state index in [1.165, 1.54) is 7.11 Å². The van der Waals surface area contributed by atoms with Crippen LogP contribution in [0.2, 0.25) is 5.02 Å². The van der Waals surface area contributed by atoms with Crippen LogP contribution in [0.5, 0.6) is 5.75 Å². The fourth-order valence-electron chi connectivity index (χ4n) is 0.929. The van der Waals surface area contributed by atoms with Crippen molar-refractivity contribution in [1.29, 1.82) is 5.26 Å². The number of nitrogens with zero attached hydrogens (tertiary/aromatic N) is 2. The molecule has 0 bridgehead atoms. The average molecular weight is 219 g/mol. The van der Waals surface area contributed by atoms with E-state index in [9.17, 15) is 8.78 Å². The van der Waals surface area contributed by atoms with E-state index in [0.29, 0.717) is 0 Å². The first kappa shape index (κ1) is 10.7. The largest absolute Gasteiger partial charge is 0.495 e. The molecule has 0 saturated carbocycles. The van der Waals surface area contributed by atoms with Gasteiger partial charge in [0.05, 0.1) is 23.9 Å². The van der Waals surface area contributed by atoms with Crippen molar-refractivity contribution >= 4 is 11.6 Å². The summed E-state index contributed by atoms with van der Waals surface area (Å²) in [7, 11) is 1.23. The van der Waals surface area contributed by atoms with Crippen molar-refractivity contribution in [3.8, 4) is 11.8 Å². The summed E-state index contributed by atoms with van der Waals surface area (Å²) >= 11 is 5.54. The van der Waals surface area contributed by atoms with Gasteiger partial charge in [-0.25, -0.2) is 13.8 Å². The highest BCUT2D eigenvalue weighted by molar-refractivity contribution is 6.32. The summed E-state index contributed by atoms with van der Waals surface area (Å²) in [5.74, 6) is -0.121. The van der Waals surface area contributed by atoms with Gasteiger partial charge in [0.1, 0.15) is 11.8 Å². The predicted molar refractivity (Wildman–Crippen MR) is 45.5 cm³/mol. The van der Waals surface area contributed by atoms with E-state index < -0.39 is 12.0 Å². The Morgan fingerprint density at radius 1 is 1.64 bits per heavy atom. The highest BCUT2D eigenvalue weighted by Crippen LogP contribution is 2.35. The molecule has 0 unspecified atom stereocenters. The van der Waals surface area contributed by atoms with Crippen LogP contribution in [0.3, 0.4) is 0 Å². The smallest absolute Gasteiger partial charge is 0.269 e. The minimum absolute atomic E-state index is 0.121. The molecule has 0 aliphatic rings. The first-order chi connectivity index (χ1) is 6.61. The maximum Gasteiger partial charge on any atom is 0.269 e. The van der Waals surface area contributed by atoms with E-state index in [1.807, 2.05) is 0 Å². The number of methoxy groups -OCH3 is 1. The molecule has 14 heavy (non-hydrogen) atoms. The van der Waals surface area contributed by atoms with Crippen molar-refractivity contribution in [2.24, 2.45) is 0 Å². The van der Waals surface area contributed by atoms with E-state index in [0.717, 1.165) is 6.20 Å². The molecular formula is C8H5ClF2N2O. The third-order valence-corrected chi connectivity index (χ3v) is 1.95. The number of pyridine rings is 1. The third-order valence-electron chi connectivity index (χ3n) is 1.56. The molecule has 0 N–H and O–H groups in total. The lowest BCUT2D eigenvalue weighted by atomic mass is 10.2. The SMILES string of the molecule is COc1cnc(C#N)c(Cl)c1C(F)F. The molecule has 0 aliphatic carbocycles. The molecule has 74 valence electrons. The van der Waals surface area contributed by atoms with Crippen LogP contribution < -0.4 is 4.74 Å². The zero-order chi connectivity index (χ0) is 10.7. The number of hydrogen-bond acceptors (Lipinski definition) is 3. The van der Waals surface area contributed by atoms with Crippen molar-refractivity contribution in [2.75, 3.05) is 7.11 Å². The molecule has 6 heteroatoms. The Hall–Kier alpha value is -1.41. The Bertz CT molecular complexity index is 390. The highest BCUT2D eigenvalue weighted by atomic mass is 35.5. The standard InChI is InChI=1S/C8H5ClF2N2O/c1-14-5-3-13-4(2-12)7(9)6(5)8(10)11/h3,8H,1H3. The van der Waals surface area contributed by atoms with Crippen LogP contribution in [-0.4, -0.2) is 12.1 Å². The lowest BCUT2D eigenvalue weighted by Crippen LogP contribution is -1.98. The summed E-state index contributed by atoms with van der Waals surface area (Å²) in [6.07, 6.45) is -1.75. The second-order valence-corrected chi connectivity index (χ2v) is 2.69. The van der Waals surface area contributed by atoms with E-state index >= 15 is 0 Å². The van der Waals surface area contributed by atoms with Gasteiger partial charge in [-0.3, -0.25) is 0 Å². The van der Waals surface area contributed by atoms with Crippen molar-refractivity contribution in [2.45, 2.75) is 6.43 Å². The zero-order valence-electron chi connectivity index (χ0n) is 7.09. The quantitative estimate of drug-likeness (QED) is 0.766. The first-order valence-corrected chi connectivity index (χ1v) is 3.90. The fourth-order valence-corrected chi connectivity index (χ4v) is 1.20. The third kappa shape index (κ3) is 1.75. The predicted octanol–water partition coefficient (Wildman–Crippen LogP) is 2.55. The molecule has 1 heterocycles. The Morgan fingerprint density at radius 2 is 2.29 bits per heavy atom. The summed E-state index contributed by atoms with van der Waals surface area (Å²) < 4.78 is 29.6. The van der Waals surface area contributed by atoms with Crippen LogP contribution in [0.15, 0.2) is 6.20 Å². The Morgan fingerprint density at radius 3 is 2.71 bits per heavy atom. The van der Waals surface area contributed by atoms with Crippen molar-refractivity contribution in [1.82, 2.24) is 4.98 Å². The summed E-state index contributed by atoms with van der Waals surface area (Å²) in [5.41, 5.74) is -0.733. The van der Waals surface area contributed by atoms with Gasteiger partial charge in [0, 0.05) is 0 Å². The highest BCUT2D eigenvalue weighted by Gasteiger charge is 2.21. The molecule has 0 spiro atoms. The normalized spacial score (nSPS) is 10.0. The maximum atomic E-state index is 12.5. The molecule has 1 aromatic heterocycles. The minimum Gasteiger partial charge on any atom is -0.495 e. The Kier molecular flexibility index (Phi) is 3.20. The summed E-state index contributed by atoms with van der Waals surface area (Å²) in [5, 5.41) is 8.15. The topological polar surface area (TPSA) is 45.9 Å². The van der Waals surface area contributed by atoms with Gasteiger partial charge < -0.3 is 4.74 Å². The van der Waals surface area contributed by atoms with Crippen molar-refractivity contribution in [3.63, 3.8) is 0 Å². The van der Waals surface area contributed by atoms with Crippen LogP contribution in [0.1, 0.15) is 17.7 Å². The maximum absolute atomic E-state index is 12.5. The lowest BCUT2D eigenvalue weighted by Gasteiger charge is -2.09. The van der Waals surface area contributed by atoms with Gasteiger partial charge in [-0.15, -0.1) is 0 Å². The Balaban J connectivity index is 3.41. The van der Waals surface area contributed by atoms with Crippen LogP contribution in [0, 0.1) is 11.3 Å². The number of hydrogen-bond donors (Lipinski definition) is 0. The molecule has 1 aromatic rings. The van der Waals surface area contributed by atoms with Gasteiger partial charge in [0.2, 0.25) is 0 Å². The fraction of sp³-hybridized carbons (Fsp3) is 0.250. The van der Waals surface area contributed by atoms with Crippen molar-refractivity contribution < 1.29 is 13.5 Å². The molecule has 0 aromatic carbocycles. The average Bonchev–Trinajstić information content (AvgIpc) is 2.16. The van der Waals surface area contributed by atoms with Crippen molar-refractivity contribution in [3.05, 3.63) is 22.5 Å².